The van der Waals surface area contributed by atoms with Gasteiger partial charge in [-0.2, -0.15) is 0 Å². The van der Waals surface area contributed by atoms with Gasteiger partial charge in [0.25, 0.3) is 0 Å². The maximum Gasteiger partial charge on any atom is 0.0420 e. The van der Waals surface area contributed by atoms with Crippen LogP contribution in [-0.4, -0.2) is 0 Å². The van der Waals surface area contributed by atoms with Gasteiger partial charge in [0, 0.05) is 9.50 Å². The average molecular weight is 246 g/mol. The molecular weight excluding hydrogens is 235 g/mol. The number of rotatable bonds is 2. The molecule has 0 heterocycles. The molecule has 1 aromatic carbocycles. The fraction of sp³-hybridized carbons (Fsp3) is 0.200. The van der Waals surface area contributed by atoms with E-state index >= 15 is 0 Å². The van der Waals surface area contributed by atoms with Crippen LogP contribution in [0.3, 0.4) is 0 Å². The second kappa shape index (κ2) is 4.11. The lowest BCUT2D eigenvalue weighted by molar-refractivity contribution is 1.20. The maximum absolute atomic E-state index is 5.87. The summed E-state index contributed by atoms with van der Waals surface area (Å²) in [6, 6.07) is 3.87. The summed E-state index contributed by atoms with van der Waals surface area (Å²) in [6.07, 6.45) is 2.77. The van der Waals surface area contributed by atoms with Crippen LogP contribution >= 0.6 is 27.5 Å². The van der Waals surface area contributed by atoms with Crippen LogP contribution in [0.4, 0.5) is 0 Å². The van der Waals surface area contributed by atoms with Gasteiger partial charge in [-0.1, -0.05) is 33.6 Å². The molecule has 0 aliphatic heterocycles. The molecule has 0 aromatic heterocycles. The summed E-state index contributed by atoms with van der Waals surface area (Å²) >= 11 is 9.33. The summed E-state index contributed by atoms with van der Waals surface area (Å²) in [4.78, 5) is 0. The van der Waals surface area contributed by atoms with E-state index in [1.54, 1.807) is 0 Å². The van der Waals surface area contributed by atoms with Gasteiger partial charge >= 0.3 is 0 Å². The van der Waals surface area contributed by atoms with E-state index < -0.39 is 0 Å². The molecule has 0 nitrogen and oxygen atoms in total. The third-order valence-corrected chi connectivity index (χ3v) is 2.66. The van der Waals surface area contributed by atoms with Crippen molar-refractivity contribution in [1.29, 1.82) is 0 Å². The molecule has 0 N–H and O–H groups in total. The van der Waals surface area contributed by atoms with Crippen molar-refractivity contribution in [3.8, 4) is 0 Å². The molecule has 12 heavy (non-hydrogen) atoms. The Kier molecular flexibility index (Phi) is 3.36. The molecule has 64 valence electrons. The minimum absolute atomic E-state index is 0.771. The van der Waals surface area contributed by atoms with Gasteiger partial charge in [0.2, 0.25) is 0 Å². The third-order valence-electron chi connectivity index (χ3n) is 1.73. The van der Waals surface area contributed by atoms with Crippen LogP contribution in [0.5, 0.6) is 0 Å². The Balaban J connectivity index is 3.18. The minimum atomic E-state index is 0.771. The van der Waals surface area contributed by atoms with Crippen molar-refractivity contribution in [3.05, 3.63) is 45.4 Å². The van der Waals surface area contributed by atoms with Gasteiger partial charge in [0.1, 0.15) is 0 Å². The van der Waals surface area contributed by atoms with Gasteiger partial charge in [-0.15, -0.1) is 6.58 Å². The monoisotopic (exact) mass is 244 g/mol. The highest BCUT2D eigenvalue weighted by atomic mass is 79.9. The SMILES string of the molecule is C=CCc1c(C)cc(Cl)cc1Br. The van der Waals surface area contributed by atoms with Gasteiger partial charge in [-0.25, -0.2) is 0 Å². The molecule has 0 saturated carbocycles. The molecule has 0 atom stereocenters. The molecule has 1 rings (SSSR count). The Morgan fingerprint density at radius 1 is 1.58 bits per heavy atom. The highest BCUT2D eigenvalue weighted by Crippen LogP contribution is 2.25. The number of hydrogen-bond donors (Lipinski definition) is 0. The van der Waals surface area contributed by atoms with E-state index in [0.717, 1.165) is 15.9 Å². The zero-order valence-corrected chi connectivity index (χ0v) is 9.24. The molecule has 0 fully saturated rings. The first-order valence-electron chi connectivity index (χ1n) is 3.70. The number of hydrogen-bond acceptors (Lipinski definition) is 0. The largest absolute Gasteiger partial charge is 0.103 e. The Morgan fingerprint density at radius 2 is 2.25 bits per heavy atom. The topological polar surface area (TPSA) is 0 Å². The van der Waals surface area contributed by atoms with Crippen molar-refractivity contribution in [2.24, 2.45) is 0 Å². The van der Waals surface area contributed by atoms with Crippen LogP contribution in [-0.2, 0) is 6.42 Å². The van der Waals surface area contributed by atoms with E-state index in [0.29, 0.717) is 0 Å². The first-order valence-corrected chi connectivity index (χ1v) is 4.87. The smallest absolute Gasteiger partial charge is 0.0420 e. The molecule has 0 unspecified atom stereocenters. The Hall–Kier alpha value is -0.270. The van der Waals surface area contributed by atoms with E-state index in [1.807, 2.05) is 18.2 Å². The quantitative estimate of drug-likeness (QED) is 0.687. The lowest BCUT2D eigenvalue weighted by atomic mass is 10.1. The highest BCUT2D eigenvalue weighted by Gasteiger charge is 2.02. The number of allylic oxidation sites excluding steroid dienone is 1. The molecule has 0 radical (unpaired) electrons. The van der Waals surface area contributed by atoms with Crippen LogP contribution in [0.25, 0.3) is 0 Å². The predicted octanol–water partition coefficient (Wildman–Crippen LogP) is 4.14. The van der Waals surface area contributed by atoms with Crippen molar-refractivity contribution in [3.63, 3.8) is 0 Å². The summed E-state index contributed by atoms with van der Waals surface area (Å²) in [5, 5.41) is 0.771. The average Bonchev–Trinajstić information content (AvgIpc) is 1.96. The molecule has 0 aliphatic rings. The summed E-state index contributed by atoms with van der Waals surface area (Å²) in [5.74, 6) is 0. The van der Waals surface area contributed by atoms with E-state index in [9.17, 15) is 0 Å². The van der Waals surface area contributed by atoms with Gasteiger partial charge in [0.05, 0.1) is 0 Å². The second-order valence-electron chi connectivity index (χ2n) is 2.68. The van der Waals surface area contributed by atoms with Crippen molar-refractivity contribution < 1.29 is 0 Å². The minimum Gasteiger partial charge on any atom is -0.103 e. The van der Waals surface area contributed by atoms with Crippen molar-refractivity contribution >= 4 is 27.5 Å². The lowest BCUT2D eigenvalue weighted by Crippen LogP contribution is -1.88. The van der Waals surface area contributed by atoms with Gasteiger partial charge in [0.15, 0.2) is 0 Å². The van der Waals surface area contributed by atoms with Crippen molar-refractivity contribution in [2.45, 2.75) is 13.3 Å². The fourth-order valence-electron chi connectivity index (χ4n) is 1.13. The third kappa shape index (κ3) is 2.11. The zero-order valence-electron chi connectivity index (χ0n) is 6.90. The van der Waals surface area contributed by atoms with Gasteiger partial charge < -0.3 is 0 Å². The molecule has 0 bridgehead atoms. The fourth-order valence-corrected chi connectivity index (χ4v) is 2.26. The van der Waals surface area contributed by atoms with Gasteiger partial charge in [-0.3, -0.25) is 0 Å². The molecule has 0 aliphatic carbocycles. The normalized spacial score (nSPS) is 9.92. The molecule has 0 spiro atoms. The Bertz CT molecular complexity index is 282. The van der Waals surface area contributed by atoms with E-state index in [1.165, 1.54) is 11.1 Å². The predicted molar refractivity (Wildman–Crippen MR) is 57.8 cm³/mol. The molecule has 0 saturated heterocycles. The first-order chi connectivity index (χ1) is 5.65. The maximum atomic E-state index is 5.87. The highest BCUT2D eigenvalue weighted by molar-refractivity contribution is 9.10. The van der Waals surface area contributed by atoms with Crippen molar-refractivity contribution in [2.75, 3.05) is 0 Å². The van der Waals surface area contributed by atoms with Crippen LogP contribution in [0.2, 0.25) is 5.02 Å². The van der Waals surface area contributed by atoms with Gasteiger partial charge in [-0.05, 0) is 36.6 Å². The molecule has 0 amide bonds. The van der Waals surface area contributed by atoms with Crippen LogP contribution in [0.15, 0.2) is 29.3 Å². The van der Waals surface area contributed by atoms with Crippen LogP contribution in [0, 0.1) is 6.92 Å². The summed E-state index contributed by atoms with van der Waals surface area (Å²) in [7, 11) is 0. The summed E-state index contributed by atoms with van der Waals surface area (Å²) in [5.41, 5.74) is 2.46. The number of aryl methyl sites for hydroxylation is 1. The van der Waals surface area contributed by atoms with E-state index in [4.69, 9.17) is 11.6 Å². The Morgan fingerprint density at radius 3 is 2.75 bits per heavy atom. The van der Waals surface area contributed by atoms with Crippen LogP contribution in [0.1, 0.15) is 11.1 Å². The standard InChI is InChI=1S/C10H10BrCl/c1-3-4-9-7(2)5-8(12)6-10(9)11/h3,5-6H,1,4H2,2H3. The molecule has 2 heteroatoms. The number of benzene rings is 1. The van der Waals surface area contributed by atoms with E-state index in [2.05, 4.69) is 29.4 Å². The number of halogens is 2. The first kappa shape index (κ1) is 9.82. The summed E-state index contributed by atoms with van der Waals surface area (Å²) in [6.45, 7) is 5.76. The molecular formula is C10H10BrCl. The van der Waals surface area contributed by atoms with Crippen LogP contribution < -0.4 is 0 Å². The second-order valence-corrected chi connectivity index (χ2v) is 3.97. The molecule has 1 aromatic rings. The Labute approximate surface area is 86.4 Å². The van der Waals surface area contributed by atoms with Crippen molar-refractivity contribution in [1.82, 2.24) is 0 Å². The summed E-state index contributed by atoms with van der Waals surface area (Å²) < 4.78 is 1.06. The van der Waals surface area contributed by atoms with E-state index in [-0.39, 0.29) is 0 Å². The lowest BCUT2D eigenvalue weighted by Gasteiger charge is -2.06. The zero-order chi connectivity index (χ0) is 9.14.